The minimum atomic E-state index is 0.730. The van der Waals surface area contributed by atoms with Crippen LogP contribution < -0.4 is 5.73 Å². The molecule has 2 N–H and O–H groups in total. The van der Waals surface area contributed by atoms with Gasteiger partial charge in [0.2, 0.25) is 0 Å². The smallest absolute Gasteiger partial charge is 0.0348 e. The Morgan fingerprint density at radius 3 is 3.00 bits per heavy atom. The highest BCUT2D eigenvalue weighted by Gasteiger charge is 2.02. The second-order valence-corrected chi connectivity index (χ2v) is 4.51. The zero-order chi connectivity index (χ0) is 9.26. The van der Waals surface area contributed by atoms with E-state index in [0.717, 1.165) is 13.0 Å². The summed E-state index contributed by atoms with van der Waals surface area (Å²) >= 11 is 1.85. The summed E-state index contributed by atoms with van der Waals surface area (Å²) in [5, 5.41) is 1.38. The SMILES string of the molecule is Cc1cc2c(CCN)cccc2s1. The van der Waals surface area contributed by atoms with E-state index in [2.05, 4.69) is 31.2 Å². The van der Waals surface area contributed by atoms with Crippen LogP contribution in [0.1, 0.15) is 10.4 Å². The summed E-state index contributed by atoms with van der Waals surface area (Å²) in [5.41, 5.74) is 6.94. The average Bonchev–Trinajstić information content (AvgIpc) is 2.47. The number of fused-ring (bicyclic) bond motifs is 1. The van der Waals surface area contributed by atoms with Gasteiger partial charge in [-0.2, -0.15) is 0 Å². The predicted molar refractivity (Wildman–Crippen MR) is 59.3 cm³/mol. The lowest BCUT2D eigenvalue weighted by Gasteiger charge is -1.99. The van der Waals surface area contributed by atoms with Crippen LogP contribution in [0.25, 0.3) is 10.1 Å². The minimum Gasteiger partial charge on any atom is -0.330 e. The first kappa shape index (κ1) is 8.73. The van der Waals surface area contributed by atoms with Crippen molar-refractivity contribution in [1.82, 2.24) is 0 Å². The molecule has 0 radical (unpaired) electrons. The number of aryl methyl sites for hydroxylation is 1. The number of hydrogen-bond acceptors (Lipinski definition) is 2. The van der Waals surface area contributed by atoms with E-state index in [9.17, 15) is 0 Å². The van der Waals surface area contributed by atoms with Gasteiger partial charge in [-0.1, -0.05) is 12.1 Å². The van der Waals surface area contributed by atoms with Crippen molar-refractivity contribution in [2.45, 2.75) is 13.3 Å². The molecular formula is C11H13NS. The van der Waals surface area contributed by atoms with Gasteiger partial charge in [0, 0.05) is 9.58 Å². The van der Waals surface area contributed by atoms with Crippen LogP contribution in [-0.2, 0) is 6.42 Å². The fourth-order valence-corrected chi connectivity index (χ4v) is 2.59. The maximum absolute atomic E-state index is 5.56. The molecule has 0 atom stereocenters. The molecule has 1 nitrogen and oxygen atoms in total. The summed E-state index contributed by atoms with van der Waals surface area (Å²) in [6.45, 7) is 2.88. The molecular weight excluding hydrogens is 178 g/mol. The summed E-state index contributed by atoms with van der Waals surface area (Å²) in [6, 6.07) is 8.71. The van der Waals surface area contributed by atoms with Crippen molar-refractivity contribution < 1.29 is 0 Å². The molecule has 2 heteroatoms. The Labute approximate surface area is 82.2 Å². The van der Waals surface area contributed by atoms with Gasteiger partial charge < -0.3 is 5.73 Å². The summed E-state index contributed by atoms with van der Waals surface area (Å²) in [6.07, 6.45) is 0.980. The van der Waals surface area contributed by atoms with Gasteiger partial charge in [0.1, 0.15) is 0 Å². The van der Waals surface area contributed by atoms with Crippen LogP contribution in [0, 0.1) is 6.92 Å². The van der Waals surface area contributed by atoms with Crippen LogP contribution in [-0.4, -0.2) is 6.54 Å². The second kappa shape index (κ2) is 3.48. The summed E-state index contributed by atoms with van der Waals surface area (Å²) < 4.78 is 1.38. The quantitative estimate of drug-likeness (QED) is 0.776. The van der Waals surface area contributed by atoms with E-state index in [1.165, 1.54) is 20.5 Å². The Morgan fingerprint density at radius 2 is 2.23 bits per heavy atom. The molecule has 13 heavy (non-hydrogen) atoms. The van der Waals surface area contributed by atoms with Crippen LogP contribution in [0.4, 0.5) is 0 Å². The zero-order valence-electron chi connectivity index (χ0n) is 7.71. The monoisotopic (exact) mass is 191 g/mol. The Kier molecular flexibility index (Phi) is 2.34. The molecule has 0 amide bonds. The van der Waals surface area contributed by atoms with E-state index >= 15 is 0 Å². The highest BCUT2D eigenvalue weighted by atomic mass is 32.1. The minimum absolute atomic E-state index is 0.730. The molecule has 1 heterocycles. The van der Waals surface area contributed by atoms with Crippen LogP contribution in [0.5, 0.6) is 0 Å². The van der Waals surface area contributed by atoms with Gasteiger partial charge in [-0.05, 0) is 43.0 Å². The lowest BCUT2D eigenvalue weighted by atomic mass is 10.1. The third-order valence-electron chi connectivity index (χ3n) is 2.19. The van der Waals surface area contributed by atoms with Crippen molar-refractivity contribution >= 4 is 21.4 Å². The van der Waals surface area contributed by atoms with E-state index in [-0.39, 0.29) is 0 Å². The van der Waals surface area contributed by atoms with Gasteiger partial charge in [0.15, 0.2) is 0 Å². The normalized spacial score (nSPS) is 10.9. The number of benzene rings is 1. The molecule has 0 aliphatic heterocycles. The molecule has 0 bridgehead atoms. The van der Waals surface area contributed by atoms with E-state index in [1.54, 1.807) is 0 Å². The van der Waals surface area contributed by atoms with Gasteiger partial charge in [-0.25, -0.2) is 0 Å². The van der Waals surface area contributed by atoms with Crippen molar-refractivity contribution in [1.29, 1.82) is 0 Å². The lowest BCUT2D eigenvalue weighted by Crippen LogP contribution is -2.02. The maximum atomic E-state index is 5.56. The molecule has 0 unspecified atom stereocenters. The van der Waals surface area contributed by atoms with E-state index in [4.69, 9.17) is 5.73 Å². The lowest BCUT2D eigenvalue weighted by molar-refractivity contribution is 0.978. The fourth-order valence-electron chi connectivity index (χ4n) is 1.62. The molecule has 0 spiro atoms. The maximum Gasteiger partial charge on any atom is 0.0348 e. The molecule has 1 aromatic heterocycles. The van der Waals surface area contributed by atoms with Gasteiger partial charge in [0.25, 0.3) is 0 Å². The van der Waals surface area contributed by atoms with Crippen molar-refractivity contribution in [3.05, 3.63) is 34.7 Å². The van der Waals surface area contributed by atoms with Crippen LogP contribution >= 0.6 is 11.3 Å². The Morgan fingerprint density at radius 1 is 1.38 bits per heavy atom. The van der Waals surface area contributed by atoms with Crippen LogP contribution in [0.2, 0.25) is 0 Å². The largest absolute Gasteiger partial charge is 0.330 e. The second-order valence-electron chi connectivity index (χ2n) is 3.22. The molecule has 0 fully saturated rings. The van der Waals surface area contributed by atoms with Crippen molar-refractivity contribution in [3.63, 3.8) is 0 Å². The first-order valence-corrected chi connectivity index (χ1v) is 5.31. The third-order valence-corrected chi connectivity index (χ3v) is 3.20. The van der Waals surface area contributed by atoms with Crippen LogP contribution in [0.15, 0.2) is 24.3 Å². The van der Waals surface area contributed by atoms with E-state index in [1.807, 2.05) is 11.3 Å². The van der Waals surface area contributed by atoms with Crippen molar-refractivity contribution in [2.24, 2.45) is 5.73 Å². The van der Waals surface area contributed by atoms with Crippen molar-refractivity contribution in [2.75, 3.05) is 6.54 Å². The van der Waals surface area contributed by atoms with Crippen LogP contribution in [0.3, 0.4) is 0 Å². The standard InChI is InChI=1S/C11H13NS/c1-8-7-10-9(5-6-12)3-2-4-11(10)13-8/h2-4,7H,5-6,12H2,1H3. The molecule has 0 saturated carbocycles. The van der Waals surface area contributed by atoms with Gasteiger partial charge in [0.05, 0.1) is 0 Å². The number of nitrogens with two attached hydrogens (primary N) is 1. The molecule has 0 saturated heterocycles. The average molecular weight is 191 g/mol. The number of rotatable bonds is 2. The van der Waals surface area contributed by atoms with Gasteiger partial charge in [-0.3, -0.25) is 0 Å². The molecule has 2 aromatic rings. The summed E-state index contributed by atoms with van der Waals surface area (Å²) in [5.74, 6) is 0. The zero-order valence-corrected chi connectivity index (χ0v) is 8.53. The Balaban J connectivity index is 2.60. The van der Waals surface area contributed by atoms with Gasteiger partial charge in [-0.15, -0.1) is 11.3 Å². The summed E-state index contributed by atoms with van der Waals surface area (Å²) in [7, 11) is 0. The molecule has 0 aliphatic carbocycles. The van der Waals surface area contributed by atoms with E-state index < -0.39 is 0 Å². The summed E-state index contributed by atoms with van der Waals surface area (Å²) in [4.78, 5) is 1.37. The fraction of sp³-hybridized carbons (Fsp3) is 0.273. The molecule has 0 aliphatic rings. The number of hydrogen-bond donors (Lipinski definition) is 1. The van der Waals surface area contributed by atoms with Gasteiger partial charge >= 0.3 is 0 Å². The first-order chi connectivity index (χ1) is 6.31. The number of thiophene rings is 1. The van der Waals surface area contributed by atoms with E-state index in [0.29, 0.717) is 0 Å². The Bertz CT molecular complexity index is 417. The first-order valence-electron chi connectivity index (χ1n) is 4.49. The topological polar surface area (TPSA) is 26.0 Å². The highest BCUT2D eigenvalue weighted by Crippen LogP contribution is 2.27. The van der Waals surface area contributed by atoms with Crippen molar-refractivity contribution in [3.8, 4) is 0 Å². The third kappa shape index (κ3) is 1.60. The Hall–Kier alpha value is -0.860. The molecule has 2 rings (SSSR count). The highest BCUT2D eigenvalue weighted by molar-refractivity contribution is 7.19. The molecule has 68 valence electrons. The predicted octanol–water partition coefficient (Wildman–Crippen LogP) is 2.71. The molecule has 1 aromatic carbocycles.